The van der Waals surface area contributed by atoms with Gasteiger partial charge in [0.1, 0.15) is 17.5 Å². The smallest absolute Gasteiger partial charge is 0.411 e. The molecule has 4 fully saturated rings. The van der Waals surface area contributed by atoms with Gasteiger partial charge in [-0.3, -0.25) is 4.90 Å². The molecular weight excluding hydrogens is 554 g/mol. The normalized spacial score (nSPS) is 28.2. The lowest BCUT2D eigenvalue weighted by Crippen LogP contribution is -2.47. The second-order valence-corrected chi connectivity index (χ2v) is 15.2. The molecule has 2 aliphatic carbocycles. The lowest BCUT2D eigenvalue weighted by molar-refractivity contribution is -0.112. The Labute approximate surface area is 264 Å². The molecule has 2 saturated heterocycles. The highest BCUT2D eigenvalue weighted by Crippen LogP contribution is 2.42. The van der Waals surface area contributed by atoms with Crippen LogP contribution in [-0.4, -0.2) is 76.7 Å². The van der Waals surface area contributed by atoms with Gasteiger partial charge in [0.25, 0.3) is 0 Å². The van der Waals surface area contributed by atoms with Gasteiger partial charge in [-0.05, 0) is 104 Å². The zero-order valence-electron chi connectivity index (χ0n) is 28.0. The van der Waals surface area contributed by atoms with Gasteiger partial charge in [-0.1, -0.05) is 54.8 Å². The van der Waals surface area contributed by atoms with Gasteiger partial charge >= 0.3 is 12.2 Å². The summed E-state index contributed by atoms with van der Waals surface area (Å²) in [6.07, 6.45) is 11.4. The Kier molecular flexibility index (Phi) is 11.2. The highest BCUT2D eigenvalue weighted by atomic mass is 16.6. The standard InChI is InChI=1S/C23H34N2O2.C13H21NO3/c1-17(13-18-9-6-5-7-10-18)15-24-16-20-14-19-11-8-12-21(19)25(20)22(26)27-23(2,3)4;1-13(2,3)17-12(16)14-10(8-15)7-9-5-4-6-11(9)14/h5-7,9-10,13,19-21,24H,8,11-12,14-16H2,1-4H3;8-11H,4-7H2,1-3H3/b17-13+;/t19-,20-,21-;9-,10-,11-/m00/s1. The molecule has 2 aliphatic heterocycles. The van der Waals surface area contributed by atoms with Crippen molar-refractivity contribution in [3.05, 3.63) is 41.5 Å². The molecule has 5 rings (SSSR count). The molecule has 244 valence electrons. The predicted molar refractivity (Wildman–Crippen MR) is 174 cm³/mol. The summed E-state index contributed by atoms with van der Waals surface area (Å²) < 4.78 is 11.1. The Morgan fingerprint density at radius 1 is 0.841 bits per heavy atom. The Hall–Kier alpha value is -2.87. The van der Waals surface area contributed by atoms with Crippen LogP contribution >= 0.6 is 0 Å². The minimum absolute atomic E-state index is 0.139. The van der Waals surface area contributed by atoms with Crippen LogP contribution in [0, 0.1) is 11.8 Å². The van der Waals surface area contributed by atoms with Crippen LogP contribution in [0.5, 0.6) is 0 Å². The first kappa shape index (κ1) is 34.0. The van der Waals surface area contributed by atoms with E-state index in [1.54, 1.807) is 4.90 Å². The Balaban J connectivity index is 0.000000223. The SMILES string of the molecule is C/C(=C\c1ccccc1)CNC[C@@H]1C[C@@H]2CCC[C@@H]2N1C(=O)OC(C)(C)C.CC(C)(C)OC(=O)N1[C@H](C=O)C[C@@H]2CCC[C@@H]21. The fourth-order valence-corrected chi connectivity index (χ4v) is 7.53. The average Bonchev–Trinajstić information content (AvgIpc) is 3.68. The van der Waals surface area contributed by atoms with Crippen molar-refractivity contribution in [2.45, 2.75) is 135 Å². The van der Waals surface area contributed by atoms with Gasteiger partial charge in [0.05, 0.1) is 6.04 Å². The molecule has 1 aromatic carbocycles. The first-order valence-corrected chi connectivity index (χ1v) is 16.7. The maximum atomic E-state index is 12.8. The largest absolute Gasteiger partial charge is 0.444 e. The Bertz CT molecular complexity index is 1150. The molecule has 6 atom stereocenters. The van der Waals surface area contributed by atoms with E-state index in [4.69, 9.17) is 9.47 Å². The summed E-state index contributed by atoms with van der Waals surface area (Å²) >= 11 is 0. The summed E-state index contributed by atoms with van der Waals surface area (Å²) in [5.41, 5.74) is 1.58. The fourth-order valence-electron chi connectivity index (χ4n) is 7.53. The summed E-state index contributed by atoms with van der Waals surface area (Å²) in [7, 11) is 0. The molecule has 2 heterocycles. The first-order chi connectivity index (χ1) is 20.8. The number of carbonyl (C=O) groups is 3. The maximum absolute atomic E-state index is 12.8. The zero-order valence-corrected chi connectivity index (χ0v) is 28.0. The van der Waals surface area contributed by atoms with E-state index >= 15 is 0 Å². The van der Waals surface area contributed by atoms with Gasteiger partial charge < -0.3 is 24.5 Å². The van der Waals surface area contributed by atoms with Crippen LogP contribution in [0.25, 0.3) is 6.08 Å². The van der Waals surface area contributed by atoms with Crippen molar-refractivity contribution in [1.29, 1.82) is 0 Å². The van der Waals surface area contributed by atoms with Crippen molar-refractivity contribution in [2.24, 2.45) is 11.8 Å². The number of hydrogen-bond acceptors (Lipinski definition) is 6. The molecule has 0 bridgehead atoms. The molecule has 4 aliphatic rings. The third-order valence-corrected chi connectivity index (χ3v) is 9.18. The maximum Gasteiger partial charge on any atom is 0.411 e. The quantitative estimate of drug-likeness (QED) is 0.343. The number of rotatable bonds is 6. The number of nitrogens with one attached hydrogen (secondary N) is 1. The molecule has 8 heteroatoms. The van der Waals surface area contributed by atoms with Crippen molar-refractivity contribution in [3.8, 4) is 0 Å². The Morgan fingerprint density at radius 3 is 1.95 bits per heavy atom. The van der Waals surface area contributed by atoms with Crippen molar-refractivity contribution in [1.82, 2.24) is 15.1 Å². The summed E-state index contributed by atoms with van der Waals surface area (Å²) in [5, 5.41) is 3.57. The minimum atomic E-state index is -0.499. The molecule has 8 nitrogen and oxygen atoms in total. The molecule has 0 radical (unpaired) electrons. The van der Waals surface area contributed by atoms with Crippen LogP contribution in [0.1, 0.15) is 105 Å². The van der Waals surface area contributed by atoms with E-state index in [0.29, 0.717) is 17.9 Å². The lowest BCUT2D eigenvalue weighted by atomic mass is 10.0. The third-order valence-electron chi connectivity index (χ3n) is 9.18. The van der Waals surface area contributed by atoms with Gasteiger partial charge in [-0.15, -0.1) is 0 Å². The van der Waals surface area contributed by atoms with Crippen molar-refractivity contribution in [2.75, 3.05) is 13.1 Å². The summed E-state index contributed by atoms with van der Waals surface area (Å²) in [5.74, 6) is 1.14. The topological polar surface area (TPSA) is 88.2 Å². The van der Waals surface area contributed by atoms with E-state index in [1.165, 1.54) is 24.0 Å². The summed E-state index contributed by atoms with van der Waals surface area (Å²) in [6, 6.07) is 10.9. The van der Waals surface area contributed by atoms with Gasteiger partial charge in [0, 0.05) is 31.2 Å². The number of ether oxygens (including phenoxy) is 2. The first-order valence-electron chi connectivity index (χ1n) is 16.7. The number of nitrogens with zero attached hydrogens (tertiary/aromatic N) is 2. The number of likely N-dealkylation sites (tertiary alicyclic amines) is 2. The number of fused-ring (bicyclic) bond motifs is 2. The number of aldehydes is 1. The third kappa shape index (κ3) is 9.09. The lowest BCUT2D eigenvalue weighted by Gasteiger charge is -2.32. The van der Waals surface area contributed by atoms with Crippen LogP contribution in [-0.2, 0) is 14.3 Å². The molecule has 2 amide bonds. The number of carbonyl (C=O) groups excluding carboxylic acids is 3. The molecule has 1 N–H and O–H groups in total. The fraction of sp³-hybridized carbons (Fsp3) is 0.694. The Morgan fingerprint density at radius 2 is 1.39 bits per heavy atom. The van der Waals surface area contributed by atoms with Crippen LogP contribution in [0.3, 0.4) is 0 Å². The van der Waals surface area contributed by atoms with Crippen LogP contribution in [0.2, 0.25) is 0 Å². The van der Waals surface area contributed by atoms with Gasteiger partial charge in [-0.2, -0.15) is 0 Å². The van der Waals surface area contributed by atoms with Gasteiger partial charge in [0.15, 0.2) is 0 Å². The van der Waals surface area contributed by atoms with Crippen molar-refractivity contribution >= 4 is 24.5 Å². The van der Waals surface area contributed by atoms with E-state index in [-0.39, 0.29) is 30.3 Å². The molecule has 0 unspecified atom stereocenters. The molecule has 1 aromatic rings. The number of amides is 2. The van der Waals surface area contributed by atoms with Crippen LogP contribution in [0.4, 0.5) is 9.59 Å². The number of hydrogen-bond donors (Lipinski definition) is 1. The van der Waals surface area contributed by atoms with E-state index in [2.05, 4.69) is 42.6 Å². The monoisotopic (exact) mass is 609 g/mol. The average molecular weight is 610 g/mol. The molecule has 2 saturated carbocycles. The molecular formula is C36H55N3O5. The van der Waals surface area contributed by atoms with E-state index in [1.807, 2.05) is 52.5 Å². The zero-order chi connectivity index (χ0) is 32.1. The summed E-state index contributed by atoms with van der Waals surface area (Å²) in [6.45, 7) is 15.2. The second-order valence-electron chi connectivity index (χ2n) is 15.2. The van der Waals surface area contributed by atoms with Crippen molar-refractivity contribution in [3.63, 3.8) is 0 Å². The molecule has 0 aromatic heterocycles. The van der Waals surface area contributed by atoms with Crippen molar-refractivity contribution < 1.29 is 23.9 Å². The number of benzene rings is 1. The second kappa shape index (κ2) is 14.5. The van der Waals surface area contributed by atoms with Crippen LogP contribution < -0.4 is 5.32 Å². The van der Waals surface area contributed by atoms with E-state index in [0.717, 1.165) is 57.9 Å². The minimum Gasteiger partial charge on any atom is -0.444 e. The molecule has 44 heavy (non-hydrogen) atoms. The highest BCUT2D eigenvalue weighted by molar-refractivity contribution is 5.75. The van der Waals surface area contributed by atoms with E-state index < -0.39 is 11.2 Å². The van der Waals surface area contributed by atoms with Gasteiger partial charge in [-0.25, -0.2) is 9.59 Å². The van der Waals surface area contributed by atoms with E-state index in [9.17, 15) is 14.4 Å². The highest BCUT2D eigenvalue weighted by Gasteiger charge is 2.48. The predicted octanol–water partition coefficient (Wildman–Crippen LogP) is 7.22. The van der Waals surface area contributed by atoms with Gasteiger partial charge in [0.2, 0.25) is 0 Å². The van der Waals surface area contributed by atoms with Crippen LogP contribution in [0.15, 0.2) is 35.9 Å². The molecule has 0 spiro atoms. The summed E-state index contributed by atoms with van der Waals surface area (Å²) in [4.78, 5) is 39.7.